The zero-order chi connectivity index (χ0) is 13.1. The Morgan fingerprint density at radius 2 is 2.06 bits per heavy atom. The number of benzene rings is 1. The maximum Gasteiger partial charge on any atom is 0.492 e. The molecule has 1 aromatic carbocycles. The van der Waals surface area contributed by atoms with Crippen LogP contribution in [-0.2, 0) is 7.05 Å². The third-order valence-corrected chi connectivity index (χ3v) is 2.40. The van der Waals surface area contributed by atoms with Crippen LogP contribution in [0.1, 0.15) is 0 Å². The van der Waals surface area contributed by atoms with Gasteiger partial charge in [-0.1, -0.05) is 6.07 Å². The van der Waals surface area contributed by atoms with Crippen molar-refractivity contribution >= 4 is 12.6 Å². The fourth-order valence-corrected chi connectivity index (χ4v) is 1.56. The predicted octanol–water partition coefficient (Wildman–Crippen LogP) is -0.0992. The molecule has 94 valence electrons. The molecule has 0 aliphatic carbocycles. The topological polar surface area (TPSA) is 76.7 Å². The SMILES string of the molecule is COc1cc(Oc2cnn(C)c2)ccc1B(O)O. The van der Waals surface area contributed by atoms with Gasteiger partial charge in [0.15, 0.2) is 5.75 Å². The van der Waals surface area contributed by atoms with Crippen LogP contribution in [0.4, 0.5) is 0 Å². The first-order valence-corrected chi connectivity index (χ1v) is 5.30. The van der Waals surface area contributed by atoms with Crippen molar-refractivity contribution in [2.45, 2.75) is 0 Å². The summed E-state index contributed by atoms with van der Waals surface area (Å²) >= 11 is 0. The first-order valence-electron chi connectivity index (χ1n) is 5.30. The van der Waals surface area contributed by atoms with Gasteiger partial charge in [-0.15, -0.1) is 0 Å². The fraction of sp³-hybridized carbons (Fsp3) is 0.182. The van der Waals surface area contributed by atoms with Gasteiger partial charge in [0, 0.05) is 18.6 Å². The summed E-state index contributed by atoms with van der Waals surface area (Å²) in [7, 11) is 1.67. The molecule has 0 amide bonds. The van der Waals surface area contributed by atoms with Gasteiger partial charge in [0.2, 0.25) is 0 Å². The Labute approximate surface area is 105 Å². The Morgan fingerprint density at radius 3 is 2.61 bits per heavy atom. The number of aryl methyl sites for hydroxylation is 1. The molecule has 0 radical (unpaired) electrons. The average Bonchev–Trinajstić information content (AvgIpc) is 2.74. The molecule has 2 rings (SSSR count). The summed E-state index contributed by atoms with van der Waals surface area (Å²) in [6.45, 7) is 0. The first kappa shape index (κ1) is 12.5. The minimum atomic E-state index is -1.58. The molecule has 2 N–H and O–H groups in total. The van der Waals surface area contributed by atoms with E-state index in [1.165, 1.54) is 13.2 Å². The Hall–Kier alpha value is -1.99. The zero-order valence-electron chi connectivity index (χ0n) is 10.1. The van der Waals surface area contributed by atoms with E-state index in [2.05, 4.69) is 5.10 Å². The van der Waals surface area contributed by atoms with E-state index in [0.29, 0.717) is 17.2 Å². The maximum absolute atomic E-state index is 9.14. The molecule has 0 bridgehead atoms. The number of hydrogen-bond donors (Lipinski definition) is 2. The quantitative estimate of drug-likeness (QED) is 0.739. The van der Waals surface area contributed by atoms with E-state index in [-0.39, 0.29) is 5.46 Å². The average molecular weight is 248 g/mol. The molecular weight excluding hydrogens is 235 g/mol. The van der Waals surface area contributed by atoms with Crippen molar-refractivity contribution in [1.29, 1.82) is 0 Å². The fourth-order valence-electron chi connectivity index (χ4n) is 1.56. The van der Waals surface area contributed by atoms with Gasteiger partial charge in [0.1, 0.15) is 11.5 Å². The third-order valence-electron chi connectivity index (χ3n) is 2.40. The van der Waals surface area contributed by atoms with Crippen LogP contribution in [0.3, 0.4) is 0 Å². The highest BCUT2D eigenvalue weighted by molar-refractivity contribution is 6.59. The predicted molar refractivity (Wildman–Crippen MR) is 66.1 cm³/mol. The van der Waals surface area contributed by atoms with E-state index in [4.69, 9.17) is 19.5 Å². The summed E-state index contributed by atoms with van der Waals surface area (Å²) in [6.07, 6.45) is 3.31. The molecule has 0 fully saturated rings. The standard InChI is InChI=1S/C11H13BN2O4/c1-14-7-9(6-13-14)18-8-3-4-10(12(15)16)11(5-8)17-2/h3-7,15-16H,1-2H3. The molecular formula is C11H13BN2O4. The minimum absolute atomic E-state index is 0.288. The van der Waals surface area contributed by atoms with Gasteiger partial charge >= 0.3 is 7.12 Å². The molecule has 1 aromatic heterocycles. The monoisotopic (exact) mass is 248 g/mol. The highest BCUT2D eigenvalue weighted by Gasteiger charge is 2.17. The highest BCUT2D eigenvalue weighted by atomic mass is 16.5. The normalized spacial score (nSPS) is 10.2. The molecule has 0 aliphatic heterocycles. The van der Waals surface area contributed by atoms with Crippen molar-refractivity contribution in [2.75, 3.05) is 7.11 Å². The Balaban J connectivity index is 2.24. The summed E-state index contributed by atoms with van der Waals surface area (Å²) in [4.78, 5) is 0. The number of rotatable bonds is 4. The van der Waals surface area contributed by atoms with Crippen LogP contribution in [0.2, 0.25) is 0 Å². The molecule has 1 heterocycles. The van der Waals surface area contributed by atoms with Crippen molar-refractivity contribution in [3.63, 3.8) is 0 Å². The van der Waals surface area contributed by atoms with Crippen molar-refractivity contribution < 1.29 is 19.5 Å². The molecule has 0 unspecified atom stereocenters. The van der Waals surface area contributed by atoms with Crippen molar-refractivity contribution in [1.82, 2.24) is 9.78 Å². The van der Waals surface area contributed by atoms with E-state index in [1.54, 1.807) is 36.3 Å². The lowest BCUT2D eigenvalue weighted by atomic mass is 9.79. The summed E-state index contributed by atoms with van der Waals surface area (Å²) in [5.41, 5.74) is 0.288. The van der Waals surface area contributed by atoms with E-state index < -0.39 is 7.12 Å². The van der Waals surface area contributed by atoms with Crippen LogP contribution in [0.15, 0.2) is 30.6 Å². The van der Waals surface area contributed by atoms with E-state index in [9.17, 15) is 0 Å². The lowest BCUT2D eigenvalue weighted by Crippen LogP contribution is -2.31. The number of aromatic nitrogens is 2. The van der Waals surface area contributed by atoms with Crippen LogP contribution in [-0.4, -0.2) is 34.1 Å². The molecule has 0 atom stereocenters. The molecule has 18 heavy (non-hydrogen) atoms. The van der Waals surface area contributed by atoms with Gasteiger partial charge in [0.25, 0.3) is 0 Å². The summed E-state index contributed by atoms with van der Waals surface area (Å²) < 4.78 is 12.2. The molecule has 0 aliphatic rings. The highest BCUT2D eigenvalue weighted by Crippen LogP contribution is 2.23. The first-order chi connectivity index (χ1) is 8.60. The number of nitrogens with zero attached hydrogens (tertiary/aromatic N) is 2. The van der Waals surface area contributed by atoms with Crippen molar-refractivity contribution in [3.8, 4) is 17.2 Å². The van der Waals surface area contributed by atoms with Gasteiger partial charge < -0.3 is 19.5 Å². The number of hydrogen-bond acceptors (Lipinski definition) is 5. The second kappa shape index (κ2) is 5.11. The third kappa shape index (κ3) is 2.64. The summed E-state index contributed by atoms with van der Waals surface area (Å²) in [6, 6.07) is 4.75. The molecule has 0 saturated carbocycles. The number of methoxy groups -OCH3 is 1. The van der Waals surface area contributed by atoms with Gasteiger partial charge in [0.05, 0.1) is 19.5 Å². The number of ether oxygens (including phenoxy) is 2. The van der Waals surface area contributed by atoms with Gasteiger partial charge in [-0.25, -0.2) is 0 Å². The largest absolute Gasteiger partial charge is 0.497 e. The van der Waals surface area contributed by atoms with E-state index in [0.717, 1.165) is 0 Å². The lowest BCUT2D eigenvalue weighted by molar-refractivity contribution is 0.399. The van der Waals surface area contributed by atoms with Crippen LogP contribution in [0.5, 0.6) is 17.2 Å². The maximum atomic E-state index is 9.14. The molecule has 2 aromatic rings. The van der Waals surface area contributed by atoms with Gasteiger partial charge in [-0.2, -0.15) is 5.10 Å². The smallest absolute Gasteiger partial charge is 0.492 e. The van der Waals surface area contributed by atoms with Crippen molar-refractivity contribution in [3.05, 3.63) is 30.6 Å². The Bertz CT molecular complexity index is 542. The van der Waals surface area contributed by atoms with Crippen LogP contribution >= 0.6 is 0 Å². The Kier molecular flexibility index (Phi) is 3.54. The molecule has 6 nitrogen and oxygen atoms in total. The van der Waals surface area contributed by atoms with Gasteiger partial charge in [-0.05, 0) is 6.07 Å². The second-order valence-corrected chi connectivity index (χ2v) is 3.73. The van der Waals surface area contributed by atoms with Crippen LogP contribution in [0, 0.1) is 0 Å². The summed E-state index contributed by atoms with van der Waals surface area (Å²) in [5.74, 6) is 1.48. The minimum Gasteiger partial charge on any atom is -0.497 e. The lowest BCUT2D eigenvalue weighted by Gasteiger charge is -2.10. The van der Waals surface area contributed by atoms with Gasteiger partial charge in [-0.3, -0.25) is 4.68 Å². The van der Waals surface area contributed by atoms with Crippen molar-refractivity contribution in [2.24, 2.45) is 7.05 Å². The summed E-state index contributed by atoms with van der Waals surface area (Å²) in [5, 5.41) is 22.3. The van der Waals surface area contributed by atoms with E-state index >= 15 is 0 Å². The van der Waals surface area contributed by atoms with E-state index in [1.807, 2.05) is 0 Å². The van der Waals surface area contributed by atoms with Crippen LogP contribution in [0.25, 0.3) is 0 Å². The Morgan fingerprint density at radius 1 is 1.28 bits per heavy atom. The molecule has 0 saturated heterocycles. The molecule has 0 spiro atoms. The van der Waals surface area contributed by atoms with Crippen LogP contribution < -0.4 is 14.9 Å². The second-order valence-electron chi connectivity index (χ2n) is 3.73. The molecule has 7 heteroatoms. The zero-order valence-corrected chi connectivity index (χ0v) is 10.1.